The third kappa shape index (κ3) is 3.72. The predicted molar refractivity (Wildman–Crippen MR) is 70.0 cm³/mol. The Morgan fingerprint density at radius 2 is 2.00 bits per heavy atom. The topological polar surface area (TPSA) is 29.9 Å². The van der Waals surface area contributed by atoms with Crippen molar-refractivity contribution in [2.24, 2.45) is 0 Å². The van der Waals surface area contributed by atoms with Crippen LogP contribution in [0.3, 0.4) is 0 Å². The number of imidazole rings is 1. The van der Waals surface area contributed by atoms with E-state index in [2.05, 4.69) is 26.2 Å². The molecule has 1 aromatic carbocycles. The first kappa shape index (κ1) is 15.7. The van der Waals surface area contributed by atoms with Crippen molar-refractivity contribution in [3.8, 4) is 0 Å². The lowest BCUT2D eigenvalue weighted by Gasteiger charge is -2.13. The van der Waals surface area contributed by atoms with E-state index < -0.39 is 18.3 Å². The molecule has 0 bridgehead atoms. The number of aromatic nitrogens is 2. The number of anilines is 1. The Kier molecular flexibility index (Phi) is 4.50. The van der Waals surface area contributed by atoms with Crippen LogP contribution in [0, 0.1) is 0 Å². The summed E-state index contributed by atoms with van der Waals surface area (Å²) in [5, 5.41) is 2.66. The van der Waals surface area contributed by atoms with E-state index in [1.165, 1.54) is 12.3 Å². The van der Waals surface area contributed by atoms with Crippen molar-refractivity contribution in [3.05, 3.63) is 46.5 Å². The van der Waals surface area contributed by atoms with Gasteiger partial charge in [0.05, 0.1) is 12.1 Å². The molecule has 1 N–H and O–H groups in total. The van der Waals surface area contributed by atoms with Gasteiger partial charge in [-0.2, -0.15) is 22.0 Å². The summed E-state index contributed by atoms with van der Waals surface area (Å²) in [6.45, 7) is -2.88. The van der Waals surface area contributed by atoms with Crippen molar-refractivity contribution < 1.29 is 22.0 Å². The molecule has 0 saturated carbocycles. The van der Waals surface area contributed by atoms with Crippen LogP contribution >= 0.6 is 15.9 Å². The van der Waals surface area contributed by atoms with Crippen molar-refractivity contribution in [1.82, 2.24) is 9.55 Å². The zero-order valence-corrected chi connectivity index (χ0v) is 11.9. The number of alkyl halides is 5. The molecule has 3 nitrogen and oxygen atoms in total. The molecule has 2 aromatic rings. The average Bonchev–Trinajstić information content (AvgIpc) is 2.85. The molecular weight excluding hydrogens is 361 g/mol. The van der Waals surface area contributed by atoms with Crippen molar-refractivity contribution in [2.45, 2.75) is 19.3 Å². The highest BCUT2D eigenvalue weighted by Crippen LogP contribution is 2.34. The fourth-order valence-electron chi connectivity index (χ4n) is 1.67. The number of rotatable bonds is 4. The van der Waals surface area contributed by atoms with Crippen LogP contribution < -0.4 is 5.32 Å². The highest BCUT2D eigenvalue weighted by molar-refractivity contribution is 9.10. The summed E-state index contributed by atoms with van der Waals surface area (Å²) in [5.74, 6) is 0.0225. The standard InChI is InChI=1S/C12H9BrF5N3/c13-8-2-1-7(12(16,17)18)5-9(8)20-6-10-19-3-4-21(10)11(14)15/h1-5,11,20H,6H2. The molecule has 0 fully saturated rings. The van der Waals surface area contributed by atoms with E-state index in [0.717, 1.165) is 18.3 Å². The van der Waals surface area contributed by atoms with Crippen LogP contribution in [0.4, 0.5) is 27.6 Å². The van der Waals surface area contributed by atoms with E-state index in [1.807, 2.05) is 0 Å². The first-order valence-electron chi connectivity index (χ1n) is 5.69. The van der Waals surface area contributed by atoms with E-state index in [9.17, 15) is 22.0 Å². The summed E-state index contributed by atoms with van der Waals surface area (Å²) in [6.07, 6.45) is -2.17. The summed E-state index contributed by atoms with van der Waals surface area (Å²) in [6, 6.07) is 3.07. The smallest absolute Gasteiger partial charge is 0.377 e. The highest BCUT2D eigenvalue weighted by atomic mass is 79.9. The molecule has 1 aromatic heterocycles. The molecule has 0 atom stereocenters. The summed E-state index contributed by atoms with van der Waals surface area (Å²) in [5.41, 5.74) is -0.681. The maximum atomic E-state index is 12.6. The Morgan fingerprint density at radius 1 is 1.29 bits per heavy atom. The monoisotopic (exact) mass is 369 g/mol. The van der Waals surface area contributed by atoms with Gasteiger partial charge in [-0.15, -0.1) is 0 Å². The SMILES string of the molecule is FC(F)n1ccnc1CNc1cc(C(F)(F)F)ccc1Br. The summed E-state index contributed by atoms with van der Waals surface area (Å²) < 4.78 is 64.1. The van der Waals surface area contributed by atoms with Gasteiger partial charge in [-0.1, -0.05) is 0 Å². The first-order chi connectivity index (χ1) is 9.79. The van der Waals surface area contributed by atoms with Crippen LogP contribution in [-0.4, -0.2) is 9.55 Å². The summed E-state index contributed by atoms with van der Waals surface area (Å²) >= 11 is 3.10. The van der Waals surface area contributed by atoms with Crippen LogP contribution in [0.2, 0.25) is 0 Å². The second-order valence-electron chi connectivity index (χ2n) is 4.07. The number of hydrogen-bond acceptors (Lipinski definition) is 2. The van der Waals surface area contributed by atoms with Crippen LogP contribution in [0.5, 0.6) is 0 Å². The summed E-state index contributed by atoms with van der Waals surface area (Å²) in [4.78, 5) is 3.74. The van der Waals surface area contributed by atoms with Gasteiger partial charge in [0.1, 0.15) is 5.82 Å². The van der Waals surface area contributed by atoms with E-state index in [1.54, 1.807) is 0 Å². The fourth-order valence-corrected chi connectivity index (χ4v) is 2.06. The quantitative estimate of drug-likeness (QED) is 0.793. The van der Waals surface area contributed by atoms with Crippen molar-refractivity contribution in [1.29, 1.82) is 0 Å². The minimum absolute atomic E-state index is 0.0225. The van der Waals surface area contributed by atoms with Crippen LogP contribution in [0.25, 0.3) is 0 Å². The van der Waals surface area contributed by atoms with Gasteiger partial charge < -0.3 is 5.32 Å². The molecule has 9 heteroatoms. The Labute approximate surface area is 124 Å². The van der Waals surface area contributed by atoms with Crippen LogP contribution in [0.15, 0.2) is 35.1 Å². The van der Waals surface area contributed by atoms with Crippen molar-refractivity contribution in [3.63, 3.8) is 0 Å². The molecule has 114 valence electrons. The normalized spacial score (nSPS) is 12.0. The fraction of sp³-hybridized carbons (Fsp3) is 0.250. The molecule has 0 radical (unpaired) electrons. The molecule has 0 saturated heterocycles. The molecule has 1 heterocycles. The molecule has 2 rings (SSSR count). The molecule has 21 heavy (non-hydrogen) atoms. The van der Waals surface area contributed by atoms with E-state index in [-0.39, 0.29) is 18.1 Å². The van der Waals surface area contributed by atoms with Gasteiger partial charge in [0.2, 0.25) is 0 Å². The molecule has 0 aliphatic rings. The average molecular weight is 370 g/mol. The maximum Gasteiger partial charge on any atom is 0.416 e. The van der Waals surface area contributed by atoms with Gasteiger partial charge >= 0.3 is 12.7 Å². The molecular formula is C12H9BrF5N3. The van der Waals surface area contributed by atoms with Crippen LogP contribution in [-0.2, 0) is 12.7 Å². The molecule has 0 aliphatic carbocycles. The largest absolute Gasteiger partial charge is 0.416 e. The van der Waals surface area contributed by atoms with Gasteiger partial charge in [0, 0.05) is 22.6 Å². The van der Waals surface area contributed by atoms with E-state index in [4.69, 9.17) is 0 Å². The van der Waals surface area contributed by atoms with Crippen LogP contribution in [0.1, 0.15) is 17.9 Å². The number of nitrogens with one attached hydrogen (secondary N) is 1. The van der Waals surface area contributed by atoms with Gasteiger partial charge in [-0.25, -0.2) is 4.98 Å². The minimum Gasteiger partial charge on any atom is -0.377 e. The number of halogens is 6. The van der Waals surface area contributed by atoms with Crippen molar-refractivity contribution in [2.75, 3.05) is 5.32 Å². The van der Waals surface area contributed by atoms with Gasteiger partial charge in [-0.05, 0) is 34.1 Å². The van der Waals surface area contributed by atoms with Gasteiger partial charge in [0.15, 0.2) is 0 Å². The molecule has 0 unspecified atom stereocenters. The maximum absolute atomic E-state index is 12.6. The summed E-state index contributed by atoms with van der Waals surface area (Å²) in [7, 11) is 0. The number of hydrogen-bond donors (Lipinski definition) is 1. The second kappa shape index (κ2) is 6.00. The Hall–Kier alpha value is -1.64. The zero-order valence-electron chi connectivity index (χ0n) is 10.3. The third-order valence-electron chi connectivity index (χ3n) is 2.69. The van der Waals surface area contributed by atoms with Gasteiger partial charge in [-0.3, -0.25) is 4.57 Å². The minimum atomic E-state index is -4.47. The zero-order chi connectivity index (χ0) is 15.6. The lowest BCUT2D eigenvalue weighted by Crippen LogP contribution is -2.10. The number of nitrogens with zero attached hydrogens (tertiary/aromatic N) is 2. The second-order valence-corrected chi connectivity index (χ2v) is 4.93. The van der Waals surface area contributed by atoms with Crippen molar-refractivity contribution >= 4 is 21.6 Å². The lowest BCUT2D eigenvalue weighted by molar-refractivity contribution is -0.137. The first-order valence-corrected chi connectivity index (χ1v) is 6.49. The number of benzene rings is 1. The third-order valence-corrected chi connectivity index (χ3v) is 3.38. The molecule has 0 aliphatic heterocycles. The lowest BCUT2D eigenvalue weighted by atomic mass is 10.2. The Bertz CT molecular complexity index is 624. The predicted octanol–water partition coefficient (Wildman–Crippen LogP) is 4.67. The Morgan fingerprint density at radius 3 is 2.62 bits per heavy atom. The highest BCUT2D eigenvalue weighted by Gasteiger charge is 2.30. The van der Waals surface area contributed by atoms with Gasteiger partial charge in [0.25, 0.3) is 0 Å². The van der Waals surface area contributed by atoms with E-state index in [0.29, 0.717) is 9.04 Å². The van der Waals surface area contributed by atoms with E-state index >= 15 is 0 Å². The molecule has 0 spiro atoms. The molecule has 0 amide bonds. The Balaban J connectivity index is 2.18.